The highest BCUT2D eigenvalue weighted by molar-refractivity contribution is 5.71. The monoisotopic (exact) mass is 1160 g/mol. The first kappa shape index (κ1) is 79.3. The van der Waals surface area contributed by atoms with E-state index in [-0.39, 0.29) is 31.1 Å². The molecule has 1 atom stereocenters. The minimum atomic E-state index is -0.784. The molecule has 83 heavy (non-hydrogen) atoms. The first-order valence-corrected chi connectivity index (χ1v) is 35.7. The average molecular weight is 1160 g/mol. The minimum absolute atomic E-state index is 0.0794. The fourth-order valence-corrected chi connectivity index (χ4v) is 10.2. The van der Waals surface area contributed by atoms with E-state index in [4.69, 9.17) is 14.2 Å². The van der Waals surface area contributed by atoms with E-state index in [1.807, 2.05) is 0 Å². The van der Waals surface area contributed by atoms with Crippen molar-refractivity contribution in [1.82, 2.24) is 0 Å². The van der Waals surface area contributed by atoms with Gasteiger partial charge in [0.2, 0.25) is 0 Å². The molecule has 0 aromatic carbocycles. The molecule has 0 heterocycles. The summed E-state index contributed by atoms with van der Waals surface area (Å²) in [6, 6.07) is 0. The molecule has 0 rings (SSSR count). The molecule has 0 N–H and O–H groups in total. The second kappa shape index (κ2) is 70.8. The van der Waals surface area contributed by atoms with E-state index in [2.05, 4.69) is 118 Å². The Balaban J connectivity index is 4.19. The number of allylic oxidation sites excluding steroid dienone is 16. The summed E-state index contributed by atoms with van der Waals surface area (Å²) in [6.07, 6.45) is 95.9. The van der Waals surface area contributed by atoms with Gasteiger partial charge in [-0.15, -0.1) is 0 Å². The zero-order valence-electron chi connectivity index (χ0n) is 54.9. The van der Waals surface area contributed by atoms with Gasteiger partial charge in [0.15, 0.2) is 6.10 Å². The van der Waals surface area contributed by atoms with Gasteiger partial charge < -0.3 is 14.2 Å². The molecule has 478 valence electrons. The van der Waals surface area contributed by atoms with Crippen molar-refractivity contribution in [2.24, 2.45) is 0 Å². The van der Waals surface area contributed by atoms with Gasteiger partial charge in [-0.3, -0.25) is 14.4 Å². The Morgan fingerprint density at radius 3 is 0.783 bits per heavy atom. The lowest BCUT2D eigenvalue weighted by Gasteiger charge is -2.18. The zero-order chi connectivity index (χ0) is 59.9. The van der Waals surface area contributed by atoms with Gasteiger partial charge in [0.05, 0.1) is 0 Å². The minimum Gasteiger partial charge on any atom is -0.462 e. The number of carbonyl (C=O) groups is 3. The van der Waals surface area contributed by atoms with E-state index in [1.54, 1.807) is 0 Å². The molecule has 0 aliphatic heterocycles. The van der Waals surface area contributed by atoms with Crippen LogP contribution < -0.4 is 0 Å². The lowest BCUT2D eigenvalue weighted by molar-refractivity contribution is -0.167. The van der Waals surface area contributed by atoms with Crippen molar-refractivity contribution in [2.75, 3.05) is 13.2 Å². The number of hydrogen-bond acceptors (Lipinski definition) is 6. The fourth-order valence-electron chi connectivity index (χ4n) is 10.2. The number of hydrogen-bond donors (Lipinski definition) is 0. The van der Waals surface area contributed by atoms with Gasteiger partial charge in [0.1, 0.15) is 13.2 Å². The summed E-state index contributed by atoms with van der Waals surface area (Å²) in [7, 11) is 0. The second-order valence-corrected chi connectivity index (χ2v) is 23.8. The van der Waals surface area contributed by atoms with Crippen LogP contribution in [0.3, 0.4) is 0 Å². The molecule has 0 saturated carbocycles. The van der Waals surface area contributed by atoms with Crippen molar-refractivity contribution in [2.45, 2.75) is 361 Å². The Bertz CT molecular complexity index is 1610. The number of ether oxygens (including phenoxy) is 3. The number of unbranched alkanes of at least 4 members (excludes halogenated alkanes) is 38. The summed E-state index contributed by atoms with van der Waals surface area (Å²) in [4.78, 5) is 38.4. The first-order chi connectivity index (χ1) is 41.0. The molecule has 0 aromatic rings. The summed E-state index contributed by atoms with van der Waals surface area (Å²) < 4.78 is 17.0. The van der Waals surface area contributed by atoms with Gasteiger partial charge in [0.25, 0.3) is 0 Å². The lowest BCUT2D eigenvalue weighted by atomic mass is 10.0. The Labute approximate surface area is 515 Å². The smallest absolute Gasteiger partial charge is 0.306 e. The molecule has 0 aromatic heterocycles. The molecule has 0 amide bonds. The van der Waals surface area contributed by atoms with Gasteiger partial charge in [-0.05, 0) is 116 Å². The fraction of sp³-hybridized carbons (Fsp3) is 0.753. The van der Waals surface area contributed by atoms with E-state index >= 15 is 0 Å². The van der Waals surface area contributed by atoms with E-state index in [0.717, 1.165) is 103 Å². The highest BCUT2D eigenvalue weighted by Gasteiger charge is 2.19. The summed E-state index contributed by atoms with van der Waals surface area (Å²) in [5.41, 5.74) is 0. The third-order valence-corrected chi connectivity index (χ3v) is 15.5. The molecular formula is C77H134O6. The molecule has 0 bridgehead atoms. The summed E-state index contributed by atoms with van der Waals surface area (Å²) in [5, 5.41) is 0. The SMILES string of the molecule is CC/C=C\C/C=C\C/C=C\C/C=C\CCCCCCCCCCCCC(=O)OC(COC(=O)CCCCCCC/C=C\CCCC)COC(=O)CCCCCCCCCCCCCCCCCC/C=C\C/C=C\C/C=C\CCCCCCC. The maximum atomic E-state index is 12.9. The molecule has 0 aliphatic rings. The standard InChI is InChI=1S/C77H134O6/c1-4-7-10-13-16-19-22-24-26-28-30-32-34-35-36-37-38-39-40-41-43-44-46-48-50-52-55-58-61-64-67-70-76(79)82-73-74(72-81-75(78)69-66-63-60-57-54-21-18-15-12-9-6-3)83-77(80)71-68-65-62-59-56-53-51-49-47-45-42-33-31-29-27-25-23-20-17-14-11-8-5-2/h8,11,15,17-18,20,22,24-25,27-28,30-31,33-35,74H,4-7,9-10,12-14,16,19,21,23,26,29,32,36-73H2,1-3H3/b11-8-,18-15-,20-17-,24-22-,27-25-,30-28-,33-31-,35-34-. The van der Waals surface area contributed by atoms with Crippen LogP contribution in [0.1, 0.15) is 355 Å². The van der Waals surface area contributed by atoms with Crippen molar-refractivity contribution in [1.29, 1.82) is 0 Å². The van der Waals surface area contributed by atoms with Crippen LogP contribution in [0.5, 0.6) is 0 Å². The molecule has 1 unspecified atom stereocenters. The van der Waals surface area contributed by atoms with E-state index < -0.39 is 6.10 Å². The van der Waals surface area contributed by atoms with E-state index in [9.17, 15) is 14.4 Å². The van der Waals surface area contributed by atoms with E-state index in [1.165, 1.54) is 212 Å². The molecule has 6 heteroatoms. The first-order valence-electron chi connectivity index (χ1n) is 35.7. The van der Waals surface area contributed by atoms with Crippen molar-refractivity contribution in [3.05, 3.63) is 97.2 Å². The number of esters is 3. The van der Waals surface area contributed by atoms with E-state index in [0.29, 0.717) is 19.3 Å². The van der Waals surface area contributed by atoms with Crippen molar-refractivity contribution in [3.63, 3.8) is 0 Å². The van der Waals surface area contributed by atoms with Crippen LogP contribution in [0.15, 0.2) is 97.2 Å². The zero-order valence-corrected chi connectivity index (χ0v) is 54.9. The van der Waals surface area contributed by atoms with Crippen molar-refractivity contribution < 1.29 is 28.6 Å². The molecule has 0 aliphatic carbocycles. The number of rotatable bonds is 65. The Morgan fingerprint density at radius 2 is 0.482 bits per heavy atom. The summed E-state index contributed by atoms with van der Waals surface area (Å²) in [5.74, 6) is -0.879. The Morgan fingerprint density at radius 1 is 0.253 bits per heavy atom. The number of carbonyl (C=O) groups excluding carboxylic acids is 3. The maximum Gasteiger partial charge on any atom is 0.306 e. The third kappa shape index (κ3) is 69.0. The van der Waals surface area contributed by atoms with Crippen LogP contribution in [-0.4, -0.2) is 37.2 Å². The van der Waals surface area contributed by atoms with Crippen LogP contribution in [0.4, 0.5) is 0 Å². The van der Waals surface area contributed by atoms with Gasteiger partial charge in [-0.25, -0.2) is 0 Å². The molecule has 6 nitrogen and oxygen atoms in total. The molecule has 0 spiro atoms. The molecule has 0 saturated heterocycles. The van der Waals surface area contributed by atoms with Crippen LogP contribution in [0.25, 0.3) is 0 Å². The van der Waals surface area contributed by atoms with Gasteiger partial charge in [0, 0.05) is 19.3 Å². The largest absolute Gasteiger partial charge is 0.462 e. The van der Waals surface area contributed by atoms with Crippen molar-refractivity contribution in [3.8, 4) is 0 Å². The summed E-state index contributed by atoms with van der Waals surface area (Å²) >= 11 is 0. The molecule has 0 fully saturated rings. The predicted octanol–water partition coefficient (Wildman–Crippen LogP) is 24.8. The molecular weight excluding hydrogens is 1020 g/mol. The lowest BCUT2D eigenvalue weighted by Crippen LogP contribution is -2.30. The van der Waals surface area contributed by atoms with Gasteiger partial charge in [-0.1, -0.05) is 317 Å². The van der Waals surface area contributed by atoms with Crippen LogP contribution >= 0.6 is 0 Å². The van der Waals surface area contributed by atoms with Gasteiger partial charge >= 0.3 is 17.9 Å². The van der Waals surface area contributed by atoms with Crippen LogP contribution in [0, 0.1) is 0 Å². The quantitative estimate of drug-likeness (QED) is 0.0261. The highest BCUT2D eigenvalue weighted by Crippen LogP contribution is 2.17. The maximum absolute atomic E-state index is 12.9. The second-order valence-electron chi connectivity index (χ2n) is 23.8. The van der Waals surface area contributed by atoms with Crippen molar-refractivity contribution >= 4 is 17.9 Å². The predicted molar refractivity (Wildman–Crippen MR) is 362 cm³/mol. The van der Waals surface area contributed by atoms with Crippen LogP contribution in [0.2, 0.25) is 0 Å². The Hall–Kier alpha value is -3.67. The summed E-state index contributed by atoms with van der Waals surface area (Å²) in [6.45, 7) is 6.50. The Kier molecular flexibility index (Phi) is 67.7. The third-order valence-electron chi connectivity index (χ3n) is 15.5. The normalized spacial score (nSPS) is 12.7. The van der Waals surface area contributed by atoms with Gasteiger partial charge in [-0.2, -0.15) is 0 Å². The van der Waals surface area contributed by atoms with Crippen LogP contribution in [-0.2, 0) is 28.6 Å². The average Bonchev–Trinajstić information content (AvgIpc) is 3.48. The molecule has 0 radical (unpaired) electrons. The highest BCUT2D eigenvalue weighted by atomic mass is 16.6. The topological polar surface area (TPSA) is 78.9 Å².